The molecule has 6 rings (SSSR count). The zero-order valence-corrected chi connectivity index (χ0v) is 18.8. The summed E-state index contributed by atoms with van der Waals surface area (Å²) in [6.45, 7) is -0.260. The van der Waals surface area contributed by atoms with Crippen molar-refractivity contribution in [2.75, 3.05) is 6.61 Å². The van der Waals surface area contributed by atoms with E-state index in [2.05, 4.69) is 10.6 Å². The molecule has 0 saturated heterocycles. The molecule has 7 nitrogen and oxygen atoms in total. The summed E-state index contributed by atoms with van der Waals surface area (Å²) in [6, 6.07) is 8.68. The first-order valence-electron chi connectivity index (χ1n) is 10.4. The third kappa shape index (κ3) is 4.13. The fraction of sp³-hybridized carbons (Fsp3) is 0.348. The lowest BCUT2D eigenvalue weighted by Gasteiger charge is -2.70. The van der Waals surface area contributed by atoms with E-state index in [1.165, 1.54) is 18.2 Å². The van der Waals surface area contributed by atoms with Crippen molar-refractivity contribution < 1.29 is 28.2 Å². The lowest BCUT2D eigenvalue weighted by molar-refractivity contribution is -0.154. The van der Waals surface area contributed by atoms with Crippen LogP contribution in [0.5, 0.6) is 11.5 Å². The minimum Gasteiger partial charge on any atom is -0.484 e. The highest BCUT2D eigenvalue weighted by Gasteiger charge is 2.69. The van der Waals surface area contributed by atoms with E-state index < -0.39 is 17.5 Å². The molecule has 3 aliphatic carbocycles. The quantitative estimate of drug-likeness (QED) is 0.643. The van der Waals surface area contributed by atoms with Gasteiger partial charge in [0, 0.05) is 22.2 Å². The minimum absolute atomic E-state index is 0.0235. The van der Waals surface area contributed by atoms with Crippen LogP contribution < -0.4 is 20.1 Å². The Labute approximate surface area is 198 Å². The Bertz CT molecular complexity index is 1170. The van der Waals surface area contributed by atoms with Crippen LogP contribution in [0.25, 0.3) is 0 Å². The second kappa shape index (κ2) is 7.88. The van der Waals surface area contributed by atoms with Gasteiger partial charge in [0.15, 0.2) is 18.5 Å². The summed E-state index contributed by atoms with van der Waals surface area (Å²) in [6.07, 6.45) is 0.790. The molecular weight excluding hydrogens is 474 g/mol. The summed E-state index contributed by atoms with van der Waals surface area (Å²) in [5.74, 6) is -0.946. The number of nitrogens with one attached hydrogen (secondary N) is 2. The van der Waals surface area contributed by atoms with E-state index in [1.54, 1.807) is 12.1 Å². The Kier molecular flexibility index (Phi) is 5.25. The maximum Gasteiger partial charge on any atom is 0.261 e. The van der Waals surface area contributed by atoms with Gasteiger partial charge in [0.25, 0.3) is 11.8 Å². The molecule has 172 valence electrons. The lowest BCUT2D eigenvalue weighted by Crippen LogP contribution is -2.84. The molecule has 1 heterocycles. The van der Waals surface area contributed by atoms with E-state index in [0.717, 1.165) is 6.07 Å². The fourth-order valence-electron chi connectivity index (χ4n) is 4.88. The molecule has 2 aromatic rings. The first-order chi connectivity index (χ1) is 15.7. The van der Waals surface area contributed by atoms with E-state index in [0.29, 0.717) is 35.6 Å². The maximum absolute atomic E-state index is 13.5. The molecule has 1 aliphatic heterocycles. The molecule has 4 aliphatic rings. The predicted molar refractivity (Wildman–Crippen MR) is 117 cm³/mol. The van der Waals surface area contributed by atoms with Crippen molar-refractivity contribution in [3.63, 3.8) is 0 Å². The van der Waals surface area contributed by atoms with Gasteiger partial charge in [-0.1, -0.05) is 23.2 Å². The smallest absolute Gasteiger partial charge is 0.261 e. The van der Waals surface area contributed by atoms with Crippen LogP contribution in [-0.4, -0.2) is 41.4 Å². The topological polar surface area (TPSA) is 93.7 Å². The number of rotatable bonds is 6. The summed E-state index contributed by atoms with van der Waals surface area (Å²) >= 11 is 11.6. The Morgan fingerprint density at radius 1 is 1.09 bits per heavy atom. The average Bonchev–Trinajstić information content (AvgIpc) is 2.72. The molecule has 10 heteroatoms. The number of hydrogen-bond donors (Lipinski definition) is 2. The first kappa shape index (κ1) is 22.0. The molecule has 0 aromatic heterocycles. The van der Waals surface area contributed by atoms with Crippen LogP contribution in [0.4, 0.5) is 4.39 Å². The van der Waals surface area contributed by atoms with E-state index in [1.807, 2.05) is 0 Å². The Hall–Kier alpha value is -2.84. The zero-order chi connectivity index (χ0) is 23.4. The van der Waals surface area contributed by atoms with Crippen molar-refractivity contribution in [3.8, 4) is 11.5 Å². The number of halogens is 3. The van der Waals surface area contributed by atoms with Gasteiger partial charge in [0.1, 0.15) is 17.3 Å². The van der Waals surface area contributed by atoms with Crippen LogP contribution in [0.15, 0.2) is 36.4 Å². The van der Waals surface area contributed by atoms with Crippen molar-refractivity contribution in [2.24, 2.45) is 0 Å². The van der Waals surface area contributed by atoms with E-state index in [-0.39, 0.29) is 46.9 Å². The van der Waals surface area contributed by atoms with Crippen LogP contribution in [0.2, 0.25) is 10.0 Å². The molecule has 1 atom stereocenters. The third-order valence-electron chi connectivity index (χ3n) is 6.26. The molecular formula is C23H19Cl2FN2O5. The van der Waals surface area contributed by atoms with Gasteiger partial charge in [0.05, 0.1) is 17.0 Å². The number of amides is 2. The van der Waals surface area contributed by atoms with Crippen LogP contribution in [0.1, 0.15) is 36.0 Å². The number of Topliss-reactive ketones (excluding diaryl/α,β-unsaturated/α-hetero) is 1. The number of hydrogen-bond acceptors (Lipinski definition) is 5. The molecule has 1 unspecified atom stereocenters. The number of benzene rings is 2. The monoisotopic (exact) mass is 492 g/mol. The second-order valence-corrected chi connectivity index (χ2v) is 9.71. The van der Waals surface area contributed by atoms with Gasteiger partial charge in [0.2, 0.25) is 0 Å². The van der Waals surface area contributed by atoms with Gasteiger partial charge < -0.3 is 20.1 Å². The Balaban J connectivity index is 1.10. The number of ether oxygens (including phenoxy) is 2. The fourth-order valence-corrected chi connectivity index (χ4v) is 5.17. The van der Waals surface area contributed by atoms with Gasteiger partial charge >= 0.3 is 0 Å². The molecule has 2 bridgehead atoms. The van der Waals surface area contributed by atoms with Gasteiger partial charge in [-0.25, -0.2) is 4.39 Å². The van der Waals surface area contributed by atoms with E-state index >= 15 is 0 Å². The van der Waals surface area contributed by atoms with Crippen molar-refractivity contribution in [1.29, 1.82) is 0 Å². The van der Waals surface area contributed by atoms with Crippen LogP contribution >= 0.6 is 23.2 Å². The van der Waals surface area contributed by atoms with E-state index in [4.69, 9.17) is 32.7 Å². The second-order valence-electron chi connectivity index (χ2n) is 8.87. The van der Waals surface area contributed by atoms with Crippen molar-refractivity contribution in [3.05, 3.63) is 57.8 Å². The standard InChI is InChI=1S/C23H19Cl2FN2O5/c24-12-1-4-18-14(5-12)17(29)7-19(33-18)21(31)28-23-9-22(10-23,11-23)27-20(30)8-32-13-2-3-15(25)16(26)6-13/h1-6,19H,7-11H2,(H,27,30)(H,28,31). The normalized spacial score (nSPS) is 26.8. The Morgan fingerprint density at radius 3 is 2.55 bits per heavy atom. The number of carbonyl (C=O) groups is 3. The van der Waals surface area contributed by atoms with Gasteiger partial charge in [-0.15, -0.1) is 0 Å². The SMILES string of the molecule is O=C(COc1ccc(Cl)c(F)c1)NC12CC(NC(=O)C3CC(=O)c4cc(Cl)ccc4O3)(C1)C2. The largest absolute Gasteiger partial charge is 0.484 e. The third-order valence-corrected chi connectivity index (χ3v) is 6.80. The number of carbonyl (C=O) groups excluding carboxylic acids is 3. The molecule has 2 amide bonds. The van der Waals surface area contributed by atoms with Gasteiger partial charge in [-0.2, -0.15) is 0 Å². The molecule has 0 radical (unpaired) electrons. The average molecular weight is 493 g/mol. The Morgan fingerprint density at radius 2 is 1.82 bits per heavy atom. The van der Waals surface area contributed by atoms with Crippen LogP contribution in [-0.2, 0) is 9.59 Å². The highest BCUT2D eigenvalue weighted by molar-refractivity contribution is 6.31. The molecule has 2 N–H and O–H groups in total. The van der Waals surface area contributed by atoms with Crippen LogP contribution in [0, 0.1) is 5.82 Å². The van der Waals surface area contributed by atoms with Crippen molar-refractivity contribution in [1.82, 2.24) is 10.6 Å². The summed E-state index contributed by atoms with van der Waals surface area (Å²) < 4.78 is 24.5. The molecule has 2 aromatic carbocycles. The number of fused-ring (bicyclic) bond motifs is 1. The van der Waals surface area contributed by atoms with Crippen molar-refractivity contribution >= 4 is 40.8 Å². The van der Waals surface area contributed by atoms with Gasteiger partial charge in [-0.05, 0) is 49.6 Å². The van der Waals surface area contributed by atoms with E-state index in [9.17, 15) is 18.8 Å². The first-order valence-corrected chi connectivity index (χ1v) is 11.1. The summed E-state index contributed by atoms with van der Waals surface area (Å²) in [5, 5.41) is 6.31. The summed E-state index contributed by atoms with van der Waals surface area (Å²) in [5.41, 5.74) is -0.412. The van der Waals surface area contributed by atoms with Crippen LogP contribution in [0.3, 0.4) is 0 Å². The highest BCUT2D eigenvalue weighted by Crippen LogP contribution is 2.60. The summed E-state index contributed by atoms with van der Waals surface area (Å²) in [4.78, 5) is 37.3. The minimum atomic E-state index is -0.904. The molecule has 3 saturated carbocycles. The summed E-state index contributed by atoms with van der Waals surface area (Å²) in [7, 11) is 0. The number of ketones is 1. The molecule has 33 heavy (non-hydrogen) atoms. The van der Waals surface area contributed by atoms with Crippen molar-refractivity contribution in [2.45, 2.75) is 42.9 Å². The zero-order valence-electron chi connectivity index (χ0n) is 17.3. The van der Waals surface area contributed by atoms with Gasteiger partial charge in [-0.3, -0.25) is 14.4 Å². The maximum atomic E-state index is 13.5. The lowest BCUT2D eigenvalue weighted by atomic mass is 9.44. The highest BCUT2D eigenvalue weighted by atomic mass is 35.5. The molecule has 0 spiro atoms. The predicted octanol–water partition coefficient (Wildman–Crippen LogP) is 3.45. The molecule has 3 fully saturated rings.